The van der Waals surface area contributed by atoms with Crippen molar-refractivity contribution in [3.8, 4) is 0 Å². The Labute approximate surface area is 145 Å². The number of rotatable bonds is 3. The van der Waals surface area contributed by atoms with E-state index in [1.807, 2.05) is 6.92 Å². The molecule has 1 saturated carbocycles. The highest BCUT2D eigenvalue weighted by atomic mass is 35.5. The zero-order chi connectivity index (χ0) is 16.6. The number of amides is 2. The summed E-state index contributed by atoms with van der Waals surface area (Å²) in [5.41, 5.74) is 1.49. The summed E-state index contributed by atoms with van der Waals surface area (Å²) in [5, 5.41) is 3.72. The maximum absolute atomic E-state index is 12.7. The van der Waals surface area contributed by atoms with Gasteiger partial charge in [-0.15, -0.1) is 0 Å². The van der Waals surface area contributed by atoms with E-state index in [0.717, 1.165) is 36.1 Å². The lowest BCUT2D eigenvalue weighted by atomic mass is 9.95. The van der Waals surface area contributed by atoms with E-state index in [9.17, 15) is 9.59 Å². The SMILES string of the molecule is Cc1cc(Cl)ccc1N1C(=O)C(Cl)=C(NC2CCCCC2)C1=O. The number of anilines is 1. The van der Waals surface area contributed by atoms with Gasteiger partial charge >= 0.3 is 0 Å². The molecule has 1 aliphatic heterocycles. The largest absolute Gasteiger partial charge is 0.376 e. The molecule has 0 atom stereocenters. The van der Waals surface area contributed by atoms with E-state index in [1.165, 1.54) is 6.42 Å². The Morgan fingerprint density at radius 2 is 1.78 bits per heavy atom. The first-order chi connectivity index (χ1) is 11.0. The zero-order valence-corrected chi connectivity index (χ0v) is 14.4. The van der Waals surface area contributed by atoms with Crippen LogP contribution in [-0.2, 0) is 9.59 Å². The highest BCUT2D eigenvalue weighted by Gasteiger charge is 2.40. The Bertz CT molecular complexity index is 694. The van der Waals surface area contributed by atoms with Crippen molar-refractivity contribution in [3.63, 3.8) is 0 Å². The molecule has 3 rings (SSSR count). The number of hydrogen-bond acceptors (Lipinski definition) is 3. The number of aryl methyl sites for hydroxylation is 1. The van der Waals surface area contributed by atoms with Crippen molar-refractivity contribution in [2.24, 2.45) is 0 Å². The molecule has 1 aromatic carbocycles. The van der Waals surface area contributed by atoms with Gasteiger partial charge in [-0.2, -0.15) is 0 Å². The van der Waals surface area contributed by atoms with E-state index in [1.54, 1.807) is 18.2 Å². The van der Waals surface area contributed by atoms with Crippen LogP contribution >= 0.6 is 23.2 Å². The average molecular weight is 353 g/mol. The number of halogens is 2. The molecular weight excluding hydrogens is 335 g/mol. The Kier molecular flexibility index (Phi) is 4.64. The highest BCUT2D eigenvalue weighted by molar-refractivity contribution is 6.52. The Balaban J connectivity index is 1.86. The molecule has 0 spiro atoms. The van der Waals surface area contributed by atoms with Crippen LogP contribution in [0.2, 0.25) is 5.02 Å². The minimum absolute atomic E-state index is 0.0325. The molecule has 1 fully saturated rings. The van der Waals surface area contributed by atoms with Crippen molar-refractivity contribution < 1.29 is 9.59 Å². The number of carbonyl (C=O) groups excluding carboxylic acids is 2. The molecule has 122 valence electrons. The lowest BCUT2D eigenvalue weighted by Crippen LogP contribution is -2.37. The quantitative estimate of drug-likeness (QED) is 0.839. The highest BCUT2D eigenvalue weighted by Crippen LogP contribution is 2.32. The number of nitrogens with zero attached hydrogens (tertiary/aromatic N) is 1. The summed E-state index contributed by atoms with van der Waals surface area (Å²) < 4.78 is 0. The second-order valence-electron chi connectivity index (χ2n) is 6.04. The summed E-state index contributed by atoms with van der Waals surface area (Å²) >= 11 is 12.1. The summed E-state index contributed by atoms with van der Waals surface area (Å²) in [6.45, 7) is 1.81. The van der Waals surface area contributed by atoms with Crippen molar-refractivity contribution in [1.29, 1.82) is 0 Å². The standard InChI is InChI=1S/C17H18Cl2N2O2/c1-10-9-11(18)7-8-13(10)21-16(22)14(19)15(17(21)23)20-12-5-3-2-4-6-12/h7-9,12,20H,2-6H2,1H3. The predicted molar refractivity (Wildman–Crippen MR) is 91.6 cm³/mol. The van der Waals surface area contributed by atoms with Crippen molar-refractivity contribution in [3.05, 3.63) is 39.5 Å². The van der Waals surface area contributed by atoms with E-state index in [4.69, 9.17) is 23.2 Å². The van der Waals surface area contributed by atoms with Gasteiger partial charge in [0.2, 0.25) is 0 Å². The van der Waals surface area contributed by atoms with Crippen LogP contribution in [0.1, 0.15) is 37.7 Å². The fourth-order valence-electron chi connectivity index (χ4n) is 3.17. The van der Waals surface area contributed by atoms with E-state index >= 15 is 0 Å². The number of hydrogen-bond donors (Lipinski definition) is 1. The van der Waals surface area contributed by atoms with Crippen molar-refractivity contribution >= 4 is 40.7 Å². The molecule has 6 heteroatoms. The van der Waals surface area contributed by atoms with Crippen LogP contribution in [0.15, 0.2) is 28.9 Å². The third kappa shape index (κ3) is 3.10. The van der Waals surface area contributed by atoms with Gasteiger partial charge in [0.1, 0.15) is 10.7 Å². The first kappa shape index (κ1) is 16.3. The number of carbonyl (C=O) groups is 2. The number of nitrogens with one attached hydrogen (secondary N) is 1. The number of imide groups is 1. The molecule has 2 amide bonds. The molecule has 23 heavy (non-hydrogen) atoms. The molecule has 0 aromatic heterocycles. The normalized spacial score (nSPS) is 19.7. The summed E-state index contributed by atoms with van der Waals surface area (Å²) in [5.74, 6) is -0.878. The monoisotopic (exact) mass is 352 g/mol. The van der Waals surface area contributed by atoms with E-state index < -0.39 is 11.8 Å². The van der Waals surface area contributed by atoms with Crippen LogP contribution in [0, 0.1) is 6.92 Å². The van der Waals surface area contributed by atoms with E-state index in [-0.39, 0.29) is 16.8 Å². The molecule has 0 bridgehead atoms. The summed E-state index contributed by atoms with van der Waals surface area (Å²) in [4.78, 5) is 26.3. The Hall–Kier alpha value is -1.52. The fourth-order valence-corrected chi connectivity index (χ4v) is 3.61. The Morgan fingerprint density at radius 3 is 2.43 bits per heavy atom. The molecule has 1 N–H and O–H groups in total. The average Bonchev–Trinajstić information content (AvgIpc) is 2.73. The van der Waals surface area contributed by atoms with Gasteiger partial charge in [-0.1, -0.05) is 42.5 Å². The van der Waals surface area contributed by atoms with E-state index in [0.29, 0.717) is 10.7 Å². The second-order valence-corrected chi connectivity index (χ2v) is 6.86. The maximum atomic E-state index is 12.7. The van der Waals surface area contributed by atoms with Gasteiger partial charge < -0.3 is 5.32 Å². The van der Waals surface area contributed by atoms with Crippen LogP contribution < -0.4 is 10.2 Å². The van der Waals surface area contributed by atoms with Crippen LogP contribution in [-0.4, -0.2) is 17.9 Å². The van der Waals surface area contributed by atoms with Crippen molar-refractivity contribution in [1.82, 2.24) is 5.32 Å². The van der Waals surface area contributed by atoms with E-state index in [2.05, 4.69) is 5.32 Å². The first-order valence-corrected chi connectivity index (χ1v) is 8.56. The fraction of sp³-hybridized carbons (Fsp3) is 0.412. The van der Waals surface area contributed by atoms with Crippen LogP contribution in [0.25, 0.3) is 0 Å². The molecule has 4 nitrogen and oxygen atoms in total. The molecule has 0 unspecified atom stereocenters. The smallest absolute Gasteiger partial charge is 0.283 e. The minimum Gasteiger partial charge on any atom is -0.376 e. The first-order valence-electron chi connectivity index (χ1n) is 7.80. The molecule has 2 aliphatic rings. The van der Waals surface area contributed by atoms with Gasteiger partial charge in [-0.3, -0.25) is 9.59 Å². The zero-order valence-electron chi connectivity index (χ0n) is 12.9. The van der Waals surface area contributed by atoms with Gasteiger partial charge in [0.25, 0.3) is 11.8 Å². The predicted octanol–water partition coefficient (Wildman–Crippen LogP) is 3.89. The van der Waals surface area contributed by atoms with Crippen LogP contribution in [0.5, 0.6) is 0 Å². The molecular formula is C17H18Cl2N2O2. The third-order valence-corrected chi connectivity index (χ3v) is 4.97. The van der Waals surface area contributed by atoms with Gasteiger partial charge in [-0.05, 0) is 43.5 Å². The molecule has 0 radical (unpaired) electrons. The van der Waals surface area contributed by atoms with Crippen molar-refractivity contribution in [2.75, 3.05) is 4.90 Å². The van der Waals surface area contributed by atoms with Gasteiger partial charge in [0.15, 0.2) is 0 Å². The van der Waals surface area contributed by atoms with Crippen LogP contribution in [0.4, 0.5) is 5.69 Å². The molecule has 1 aliphatic carbocycles. The third-order valence-electron chi connectivity index (χ3n) is 4.38. The minimum atomic E-state index is -0.486. The molecule has 1 heterocycles. The summed E-state index contributed by atoms with van der Waals surface area (Å²) in [6.07, 6.45) is 5.47. The summed E-state index contributed by atoms with van der Waals surface area (Å²) in [6, 6.07) is 5.25. The van der Waals surface area contributed by atoms with Gasteiger partial charge in [-0.25, -0.2) is 4.90 Å². The topological polar surface area (TPSA) is 49.4 Å². The van der Waals surface area contributed by atoms with Crippen LogP contribution in [0.3, 0.4) is 0 Å². The maximum Gasteiger partial charge on any atom is 0.283 e. The van der Waals surface area contributed by atoms with Crippen molar-refractivity contribution in [2.45, 2.75) is 45.1 Å². The van der Waals surface area contributed by atoms with Gasteiger partial charge in [0, 0.05) is 11.1 Å². The Morgan fingerprint density at radius 1 is 1.09 bits per heavy atom. The summed E-state index contributed by atoms with van der Waals surface area (Å²) in [7, 11) is 0. The lowest BCUT2D eigenvalue weighted by molar-refractivity contribution is -0.120. The second kappa shape index (κ2) is 6.54. The molecule has 0 saturated heterocycles. The number of benzene rings is 1. The van der Waals surface area contributed by atoms with Gasteiger partial charge in [0.05, 0.1) is 5.69 Å². The molecule has 1 aromatic rings. The lowest BCUT2D eigenvalue weighted by Gasteiger charge is -2.24.